The SMILES string of the molecule is CC1(NC(=O)[O-])N=c2ccc(OS(=O)(=O)c3cccc(OC(F)(F)C(F)F)c3)cc2=N1. The molecule has 1 unspecified atom stereocenters. The zero-order chi connectivity index (χ0) is 23.0. The highest BCUT2D eigenvalue weighted by Crippen LogP contribution is 2.29. The molecule has 0 spiro atoms. The fourth-order valence-corrected chi connectivity index (χ4v) is 3.51. The summed E-state index contributed by atoms with van der Waals surface area (Å²) >= 11 is 0. The molecule has 2 aromatic rings. The molecule has 1 atom stereocenters. The predicted octanol–water partition coefficient (Wildman–Crippen LogP) is 0.550. The predicted molar refractivity (Wildman–Crippen MR) is 91.5 cm³/mol. The monoisotopic (exact) mass is 462 g/mol. The molecule has 166 valence electrons. The van der Waals surface area contributed by atoms with Gasteiger partial charge in [0.05, 0.1) is 10.7 Å². The maximum absolute atomic E-state index is 13.1. The van der Waals surface area contributed by atoms with E-state index in [1.807, 2.05) is 5.32 Å². The van der Waals surface area contributed by atoms with E-state index in [0.717, 1.165) is 24.3 Å². The van der Waals surface area contributed by atoms with Crippen LogP contribution in [0.1, 0.15) is 6.92 Å². The maximum atomic E-state index is 13.1. The number of nitrogens with zero attached hydrogens (tertiary/aromatic N) is 2. The third kappa shape index (κ3) is 5.02. The molecule has 1 heterocycles. The standard InChI is InChI=1S/C17H13F4N3O6S/c1-16(24-15(25)26)22-12-6-5-10(8-13(12)23-16)30-31(27,28)11-4-2-3-9(7-11)29-17(20,21)14(18)19/h2-8,14,24H,1H3,(H,25,26)/p-1. The van der Waals surface area contributed by atoms with E-state index in [0.29, 0.717) is 6.07 Å². The molecular formula is C17H12F4N3O6S-. The summed E-state index contributed by atoms with van der Waals surface area (Å²) in [5, 5.41) is 13.1. The van der Waals surface area contributed by atoms with E-state index in [9.17, 15) is 35.9 Å². The molecular weight excluding hydrogens is 450 g/mol. The van der Waals surface area contributed by atoms with Crippen molar-refractivity contribution in [2.24, 2.45) is 9.98 Å². The van der Waals surface area contributed by atoms with E-state index in [4.69, 9.17) is 4.18 Å². The van der Waals surface area contributed by atoms with Crippen molar-refractivity contribution in [1.82, 2.24) is 5.32 Å². The van der Waals surface area contributed by atoms with Gasteiger partial charge in [-0.2, -0.15) is 26.0 Å². The zero-order valence-corrected chi connectivity index (χ0v) is 16.2. The molecule has 0 aromatic heterocycles. The molecule has 0 aliphatic carbocycles. The molecule has 0 saturated heterocycles. The Morgan fingerprint density at radius 3 is 2.45 bits per heavy atom. The lowest BCUT2D eigenvalue weighted by Gasteiger charge is -2.20. The molecule has 14 heteroatoms. The van der Waals surface area contributed by atoms with Gasteiger partial charge in [-0.15, -0.1) is 0 Å². The number of amides is 1. The van der Waals surface area contributed by atoms with Crippen LogP contribution < -0.4 is 30.1 Å². The smallest absolute Gasteiger partial charge is 0.461 e. The number of hydrogen-bond donors (Lipinski definition) is 1. The fraction of sp³-hybridized carbons (Fsp3) is 0.235. The number of alkyl halides is 4. The maximum Gasteiger partial charge on any atom is 0.461 e. The van der Waals surface area contributed by atoms with Gasteiger partial charge in [0, 0.05) is 19.1 Å². The van der Waals surface area contributed by atoms with Crippen LogP contribution in [0.25, 0.3) is 0 Å². The van der Waals surface area contributed by atoms with Crippen molar-refractivity contribution in [3.63, 3.8) is 0 Å². The Labute approximate surface area is 171 Å². The van der Waals surface area contributed by atoms with Crippen molar-refractivity contribution in [2.75, 3.05) is 0 Å². The van der Waals surface area contributed by atoms with E-state index in [1.54, 1.807) is 0 Å². The highest BCUT2D eigenvalue weighted by molar-refractivity contribution is 7.87. The molecule has 1 aliphatic rings. The van der Waals surface area contributed by atoms with Crippen LogP contribution in [0.4, 0.5) is 22.4 Å². The summed E-state index contributed by atoms with van der Waals surface area (Å²) in [7, 11) is -4.58. The molecule has 1 amide bonds. The Morgan fingerprint density at radius 1 is 1.13 bits per heavy atom. The number of ether oxygens (including phenoxy) is 1. The van der Waals surface area contributed by atoms with Gasteiger partial charge in [0.2, 0.25) is 5.79 Å². The average Bonchev–Trinajstić information content (AvgIpc) is 2.95. The quantitative estimate of drug-likeness (QED) is 0.473. The minimum Gasteiger partial charge on any atom is -0.530 e. The van der Waals surface area contributed by atoms with Gasteiger partial charge in [0.15, 0.2) is 0 Å². The van der Waals surface area contributed by atoms with Crippen molar-refractivity contribution in [3.05, 3.63) is 53.2 Å². The van der Waals surface area contributed by atoms with Crippen LogP contribution in [0.3, 0.4) is 0 Å². The lowest BCUT2D eigenvalue weighted by Crippen LogP contribution is -2.48. The van der Waals surface area contributed by atoms with E-state index < -0.39 is 45.2 Å². The Balaban J connectivity index is 1.86. The normalized spacial score (nSPS) is 18.0. The van der Waals surface area contributed by atoms with Crippen LogP contribution in [0.5, 0.6) is 11.5 Å². The second kappa shape index (κ2) is 7.68. The number of benzene rings is 2. The van der Waals surface area contributed by atoms with Gasteiger partial charge in [0.25, 0.3) is 0 Å². The number of carbonyl (C=O) groups excluding carboxylic acids is 1. The van der Waals surface area contributed by atoms with Crippen LogP contribution in [0.15, 0.2) is 57.3 Å². The third-order valence-corrected chi connectivity index (χ3v) is 5.01. The molecule has 0 saturated carbocycles. The Hall–Kier alpha value is -3.42. The van der Waals surface area contributed by atoms with Gasteiger partial charge in [-0.3, -0.25) is 0 Å². The summed E-state index contributed by atoms with van der Waals surface area (Å²) in [5.74, 6) is -2.64. The van der Waals surface area contributed by atoms with Crippen LogP contribution in [-0.4, -0.2) is 32.8 Å². The topological polar surface area (TPSA) is 129 Å². The van der Waals surface area contributed by atoms with Gasteiger partial charge in [-0.1, -0.05) is 6.07 Å². The van der Waals surface area contributed by atoms with Crippen molar-refractivity contribution in [2.45, 2.75) is 30.1 Å². The molecule has 9 nitrogen and oxygen atoms in total. The summed E-state index contributed by atoms with van der Waals surface area (Å²) in [4.78, 5) is 18.1. The number of halogens is 4. The van der Waals surface area contributed by atoms with Crippen molar-refractivity contribution >= 4 is 16.2 Å². The first-order valence-corrected chi connectivity index (χ1v) is 9.69. The minimum atomic E-state index is -4.82. The van der Waals surface area contributed by atoms with Gasteiger partial charge in [-0.05, 0) is 24.3 Å². The first-order chi connectivity index (χ1) is 14.3. The first kappa shape index (κ1) is 22.3. The molecule has 0 radical (unpaired) electrons. The van der Waals surface area contributed by atoms with Crippen molar-refractivity contribution < 1.29 is 44.8 Å². The van der Waals surface area contributed by atoms with Gasteiger partial charge in [-0.25, -0.2) is 9.98 Å². The molecule has 2 aromatic carbocycles. The van der Waals surface area contributed by atoms with E-state index >= 15 is 0 Å². The van der Waals surface area contributed by atoms with Crippen LogP contribution in [0.2, 0.25) is 0 Å². The summed E-state index contributed by atoms with van der Waals surface area (Å²) < 4.78 is 84.4. The second-order valence-corrected chi connectivity index (χ2v) is 7.83. The van der Waals surface area contributed by atoms with Crippen molar-refractivity contribution in [3.8, 4) is 11.5 Å². The van der Waals surface area contributed by atoms with Crippen LogP contribution in [0, 0.1) is 0 Å². The Morgan fingerprint density at radius 2 is 1.81 bits per heavy atom. The largest absolute Gasteiger partial charge is 0.530 e. The van der Waals surface area contributed by atoms with Gasteiger partial charge >= 0.3 is 22.7 Å². The molecule has 31 heavy (non-hydrogen) atoms. The number of hydrogen-bond acceptors (Lipinski definition) is 8. The van der Waals surface area contributed by atoms with Crippen LogP contribution >= 0.6 is 0 Å². The van der Waals surface area contributed by atoms with E-state index in [1.165, 1.54) is 19.1 Å². The summed E-state index contributed by atoms with van der Waals surface area (Å²) in [6.45, 7) is 1.33. The van der Waals surface area contributed by atoms with Gasteiger partial charge < -0.3 is 24.1 Å². The molecule has 1 aliphatic heterocycles. The molecule has 1 N–H and O–H groups in total. The summed E-state index contributed by atoms with van der Waals surface area (Å²) in [6.07, 6.45) is -10.6. The first-order valence-electron chi connectivity index (χ1n) is 8.28. The number of fused-ring (bicyclic) bond motifs is 1. The average molecular weight is 462 g/mol. The van der Waals surface area contributed by atoms with Crippen molar-refractivity contribution in [1.29, 1.82) is 0 Å². The highest BCUT2D eigenvalue weighted by Gasteiger charge is 2.44. The Kier molecular flexibility index (Phi) is 5.52. The zero-order valence-electron chi connectivity index (χ0n) is 15.4. The lowest BCUT2D eigenvalue weighted by molar-refractivity contribution is -0.253. The molecule has 0 fully saturated rings. The number of nitrogens with one attached hydrogen (secondary N) is 1. The van der Waals surface area contributed by atoms with Gasteiger partial charge in [0.1, 0.15) is 22.5 Å². The Bertz CT molecular complexity index is 1250. The fourth-order valence-electron chi connectivity index (χ4n) is 2.55. The highest BCUT2D eigenvalue weighted by atomic mass is 32.2. The van der Waals surface area contributed by atoms with E-state index in [-0.39, 0.29) is 16.5 Å². The lowest BCUT2D eigenvalue weighted by atomic mass is 10.3. The molecule has 0 bridgehead atoms. The minimum absolute atomic E-state index is 0.109. The summed E-state index contributed by atoms with van der Waals surface area (Å²) in [5.41, 5.74) is 0. The van der Waals surface area contributed by atoms with Crippen LogP contribution in [-0.2, 0) is 10.1 Å². The number of carboxylic acid groups (broad SMARTS) is 1. The van der Waals surface area contributed by atoms with E-state index in [2.05, 4.69) is 14.7 Å². The summed E-state index contributed by atoms with van der Waals surface area (Å²) in [6, 6.07) is 7.12. The number of carbonyl (C=O) groups is 1. The number of rotatable bonds is 7. The third-order valence-electron chi connectivity index (χ3n) is 3.77. The molecule has 3 rings (SSSR count). The second-order valence-electron chi connectivity index (χ2n) is 6.28.